The fourth-order valence-electron chi connectivity index (χ4n) is 2.14. The van der Waals surface area contributed by atoms with Crippen LogP contribution in [0.25, 0.3) is 11.4 Å². The molecule has 0 radical (unpaired) electrons. The molecule has 0 saturated carbocycles. The van der Waals surface area contributed by atoms with E-state index in [4.69, 9.17) is 0 Å². The van der Waals surface area contributed by atoms with Crippen LogP contribution in [0.3, 0.4) is 0 Å². The molecular formula is C16H13FN4O. The van der Waals surface area contributed by atoms with Gasteiger partial charge in [-0.25, -0.2) is 4.39 Å². The fourth-order valence-corrected chi connectivity index (χ4v) is 2.14. The minimum absolute atomic E-state index is 0.0252. The molecule has 0 aliphatic heterocycles. The van der Waals surface area contributed by atoms with Gasteiger partial charge in [0, 0.05) is 5.56 Å². The van der Waals surface area contributed by atoms with Gasteiger partial charge < -0.3 is 0 Å². The lowest BCUT2D eigenvalue weighted by Crippen LogP contribution is -2.14. The first-order valence-electron chi connectivity index (χ1n) is 6.76. The van der Waals surface area contributed by atoms with Crippen LogP contribution in [-0.4, -0.2) is 26.0 Å². The van der Waals surface area contributed by atoms with Crippen LogP contribution in [0.1, 0.15) is 15.9 Å². The van der Waals surface area contributed by atoms with Crippen molar-refractivity contribution in [3.05, 3.63) is 65.5 Å². The number of hydrogen-bond donors (Lipinski definition) is 0. The summed E-state index contributed by atoms with van der Waals surface area (Å²) in [6.45, 7) is 1.79. The lowest BCUT2D eigenvalue weighted by molar-refractivity contribution is 0.0957. The Hall–Kier alpha value is -2.89. The number of Topliss-reactive ketones (excluding diaryl/α,β-unsaturated/α-hetero) is 1. The van der Waals surface area contributed by atoms with Crippen molar-refractivity contribution in [1.82, 2.24) is 20.2 Å². The van der Waals surface area contributed by atoms with Crippen LogP contribution >= 0.6 is 0 Å². The predicted molar refractivity (Wildman–Crippen MR) is 78.7 cm³/mol. The zero-order valence-corrected chi connectivity index (χ0v) is 11.9. The average molecular weight is 296 g/mol. The number of aromatic nitrogens is 4. The minimum atomic E-state index is -0.549. The van der Waals surface area contributed by atoms with Gasteiger partial charge >= 0.3 is 0 Å². The largest absolute Gasteiger partial charge is 0.292 e. The number of halogens is 1. The number of nitrogens with zero attached hydrogens (tertiary/aromatic N) is 4. The van der Waals surface area contributed by atoms with E-state index in [-0.39, 0.29) is 12.1 Å². The number of aryl methyl sites for hydroxylation is 1. The summed E-state index contributed by atoms with van der Waals surface area (Å²) in [5.41, 5.74) is 1.90. The number of hydrogen-bond acceptors (Lipinski definition) is 4. The Morgan fingerprint density at radius 3 is 2.64 bits per heavy atom. The number of rotatable bonds is 4. The molecule has 0 atom stereocenters. The zero-order valence-electron chi connectivity index (χ0n) is 11.9. The van der Waals surface area contributed by atoms with E-state index in [0.717, 1.165) is 11.1 Å². The van der Waals surface area contributed by atoms with Gasteiger partial charge in [0.25, 0.3) is 0 Å². The van der Waals surface area contributed by atoms with E-state index in [0.29, 0.717) is 5.82 Å². The van der Waals surface area contributed by atoms with E-state index < -0.39 is 11.6 Å². The average Bonchev–Trinajstić information content (AvgIpc) is 2.96. The maximum Gasteiger partial charge on any atom is 0.205 e. The molecule has 0 unspecified atom stereocenters. The normalized spacial score (nSPS) is 10.6. The zero-order chi connectivity index (χ0) is 15.5. The molecule has 0 bridgehead atoms. The first-order valence-corrected chi connectivity index (χ1v) is 6.76. The molecule has 110 valence electrons. The van der Waals surface area contributed by atoms with Crippen molar-refractivity contribution < 1.29 is 9.18 Å². The monoisotopic (exact) mass is 296 g/mol. The second-order valence-corrected chi connectivity index (χ2v) is 4.86. The van der Waals surface area contributed by atoms with Crippen molar-refractivity contribution in [2.75, 3.05) is 0 Å². The van der Waals surface area contributed by atoms with E-state index >= 15 is 0 Å². The number of carbonyl (C=O) groups excluding carboxylic acids is 1. The number of benzene rings is 2. The van der Waals surface area contributed by atoms with Crippen LogP contribution in [0.4, 0.5) is 4.39 Å². The van der Waals surface area contributed by atoms with E-state index in [9.17, 15) is 9.18 Å². The van der Waals surface area contributed by atoms with Crippen molar-refractivity contribution in [2.45, 2.75) is 13.5 Å². The molecule has 6 heteroatoms. The highest BCUT2D eigenvalue weighted by atomic mass is 19.1. The second-order valence-electron chi connectivity index (χ2n) is 4.86. The highest BCUT2D eigenvalue weighted by Crippen LogP contribution is 2.18. The Bertz CT molecular complexity index is 828. The third kappa shape index (κ3) is 2.76. The summed E-state index contributed by atoms with van der Waals surface area (Å²) in [4.78, 5) is 13.3. The summed E-state index contributed by atoms with van der Waals surface area (Å²) in [5, 5.41) is 12.0. The molecular weight excluding hydrogens is 283 g/mol. The predicted octanol–water partition coefficient (Wildman–Crippen LogP) is 2.67. The fraction of sp³-hybridized carbons (Fsp3) is 0.125. The molecule has 1 heterocycles. The number of ketones is 1. The van der Waals surface area contributed by atoms with Gasteiger partial charge in [0.1, 0.15) is 12.4 Å². The Kier molecular flexibility index (Phi) is 3.74. The van der Waals surface area contributed by atoms with Gasteiger partial charge in [-0.05, 0) is 29.8 Å². The molecule has 22 heavy (non-hydrogen) atoms. The van der Waals surface area contributed by atoms with Gasteiger partial charge in [0.05, 0.1) is 5.56 Å². The van der Waals surface area contributed by atoms with Gasteiger partial charge in [0.15, 0.2) is 5.78 Å². The SMILES string of the molecule is Cc1ccccc1-c1nnn(CC(=O)c2ccccc2F)n1. The lowest BCUT2D eigenvalue weighted by Gasteiger charge is -2.01. The van der Waals surface area contributed by atoms with E-state index in [1.54, 1.807) is 6.07 Å². The third-order valence-electron chi connectivity index (χ3n) is 3.30. The minimum Gasteiger partial charge on any atom is -0.292 e. The van der Waals surface area contributed by atoms with Crippen LogP contribution < -0.4 is 0 Å². The Balaban J connectivity index is 1.82. The molecule has 0 N–H and O–H groups in total. The molecule has 1 aromatic heterocycles. The van der Waals surface area contributed by atoms with Crippen LogP contribution in [0.5, 0.6) is 0 Å². The molecule has 3 rings (SSSR count). The first-order chi connectivity index (χ1) is 10.6. The van der Waals surface area contributed by atoms with E-state index in [1.807, 2.05) is 31.2 Å². The standard InChI is InChI=1S/C16H13FN4O/c1-11-6-2-3-7-12(11)16-18-20-21(19-16)10-15(22)13-8-4-5-9-14(13)17/h2-9H,10H2,1H3. The maximum atomic E-state index is 13.6. The topological polar surface area (TPSA) is 60.7 Å². The van der Waals surface area contributed by atoms with E-state index in [1.165, 1.54) is 23.0 Å². The van der Waals surface area contributed by atoms with E-state index in [2.05, 4.69) is 15.4 Å². The van der Waals surface area contributed by atoms with Crippen LogP contribution in [0, 0.1) is 12.7 Å². The van der Waals surface area contributed by atoms with Gasteiger partial charge in [-0.15, -0.1) is 10.2 Å². The van der Waals surface area contributed by atoms with Gasteiger partial charge in [-0.3, -0.25) is 4.79 Å². The highest BCUT2D eigenvalue weighted by Gasteiger charge is 2.14. The number of carbonyl (C=O) groups is 1. The summed E-state index contributed by atoms with van der Waals surface area (Å²) in [7, 11) is 0. The Morgan fingerprint density at radius 2 is 1.86 bits per heavy atom. The van der Waals surface area contributed by atoms with Crippen LogP contribution in [-0.2, 0) is 6.54 Å². The van der Waals surface area contributed by atoms with Gasteiger partial charge in [-0.1, -0.05) is 36.4 Å². The van der Waals surface area contributed by atoms with Crippen molar-refractivity contribution in [3.63, 3.8) is 0 Å². The summed E-state index contributed by atoms with van der Waals surface area (Å²) in [5.74, 6) is -0.502. The molecule has 0 aliphatic carbocycles. The highest BCUT2D eigenvalue weighted by molar-refractivity contribution is 5.96. The maximum absolute atomic E-state index is 13.6. The quantitative estimate of drug-likeness (QED) is 0.694. The van der Waals surface area contributed by atoms with Crippen LogP contribution in [0.2, 0.25) is 0 Å². The summed E-state index contributed by atoms with van der Waals surface area (Å²) in [6.07, 6.45) is 0. The van der Waals surface area contributed by atoms with Gasteiger partial charge in [-0.2, -0.15) is 4.80 Å². The molecule has 5 nitrogen and oxygen atoms in total. The molecule has 0 saturated heterocycles. The molecule has 0 amide bonds. The molecule has 0 fully saturated rings. The van der Waals surface area contributed by atoms with Crippen LogP contribution in [0.15, 0.2) is 48.5 Å². The summed E-state index contributed by atoms with van der Waals surface area (Å²) >= 11 is 0. The first kappa shape index (κ1) is 14.1. The van der Waals surface area contributed by atoms with Crippen molar-refractivity contribution in [1.29, 1.82) is 0 Å². The summed E-state index contributed by atoms with van der Waals surface area (Å²) < 4.78 is 13.6. The Labute approximate surface area is 126 Å². The summed E-state index contributed by atoms with van der Waals surface area (Å²) in [6, 6.07) is 13.5. The molecule has 0 spiro atoms. The number of tetrazole rings is 1. The lowest BCUT2D eigenvalue weighted by atomic mass is 10.1. The smallest absolute Gasteiger partial charge is 0.205 e. The van der Waals surface area contributed by atoms with Crippen molar-refractivity contribution >= 4 is 5.78 Å². The molecule has 0 aliphatic rings. The van der Waals surface area contributed by atoms with Crippen molar-refractivity contribution in [2.24, 2.45) is 0 Å². The third-order valence-corrected chi connectivity index (χ3v) is 3.30. The Morgan fingerprint density at radius 1 is 1.14 bits per heavy atom. The van der Waals surface area contributed by atoms with Crippen molar-refractivity contribution in [3.8, 4) is 11.4 Å². The second kappa shape index (κ2) is 5.85. The molecule has 3 aromatic rings. The van der Waals surface area contributed by atoms with Gasteiger partial charge in [0.2, 0.25) is 5.82 Å². The molecule has 2 aromatic carbocycles.